The van der Waals surface area contributed by atoms with Crippen molar-refractivity contribution in [2.45, 2.75) is 66.2 Å². The Bertz CT molecular complexity index is 1630. The average molecular weight is 631 g/mol. The molecule has 0 saturated heterocycles. The Morgan fingerprint density at radius 2 is 0.532 bits per heavy atom. The number of hydrogen-bond donors (Lipinski definition) is 6. The average Bonchev–Trinajstić information content (AvgIpc) is 3.09. The van der Waals surface area contributed by atoms with Crippen LogP contribution in [-0.4, -0.2) is 64.7 Å². The quantitative estimate of drug-likeness (QED) is 0.137. The number of rotatable bonds is 10. The van der Waals surface area contributed by atoms with Gasteiger partial charge in [-0.3, -0.25) is 0 Å². The van der Waals surface area contributed by atoms with Gasteiger partial charge in [0.2, 0.25) is 0 Å². The summed E-state index contributed by atoms with van der Waals surface area (Å²) in [6.07, 6.45) is -3.80. The van der Waals surface area contributed by atoms with Gasteiger partial charge in [-0.25, -0.2) is 0 Å². The van der Waals surface area contributed by atoms with E-state index in [0.717, 1.165) is 0 Å². The van der Waals surface area contributed by atoms with E-state index < -0.39 is 34.1 Å². The lowest BCUT2D eigenvalue weighted by Crippen LogP contribution is -2.93. The Balaban J connectivity index is 1.67. The standard InChI is InChI=1S/C41H42O6/c42-36-37(43,26-31-16-6-1-7-17-31)39(45,28-33-20-10-3-11-21-33)41(47,30-35-24-14-5-15-25-35)40(46,29-34-22-12-4-13-23-34)38(36,44)27-32-18-8-2-9-19-32/h1-25,36,42-47H,26-30H2/t36?,37-,38+,39-,40-,41?/m0/s1. The summed E-state index contributed by atoms with van der Waals surface area (Å²) in [5, 5.41) is 78.9. The van der Waals surface area contributed by atoms with Crippen molar-refractivity contribution in [1.82, 2.24) is 0 Å². The minimum atomic E-state index is -2.64. The molecule has 6 atom stereocenters. The van der Waals surface area contributed by atoms with Crippen LogP contribution in [0.2, 0.25) is 0 Å². The van der Waals surface area contributed by atoms with E-state index in [1.807, 2.05) is 30.3 Å². The van der Waals surface area contributed by atoms with E-state index in [-0.39, 0.29) is 32.1 Å². The van der Waals surface area contributed by atoms with Crippen molar-refractivity contribution in [2.75, 3.05) is 0 Å². The molecular weight excluding hydrogens is 588 g/mol. The fraction of sp³-hybridized carbons (Fsp3) is 0.268. The fourth-order valence-corrected chi connectivity index (χ4v) is 7.77. The molecule has 5 aromatic rings. The molecule has 6 nitrogen and oxygen atoms in total. The summed E-state index contributed by atoms with van der Waals surface area (Å²) in [7, 11) is 0. The normalized spacial score (nSPS) is 30.6. The maximum atomic E-state index is 13.5. The molecule has 6 rings (SSSR count). The monoisotopic (exact) mass is 630 g/mol. The van der Waals surface area contributed by atoms with Crippen molar-refractivity contribution < 1.29 is 30.6 Å². The van der Waals surface area contributed by atoms with Crippen LogP contribution in [0.3, 0.4) is 0 Å². The molecule has 0 bridgehead atoms. The Hall–Kier alpha value is -4.14. The van der Waals surface area contributed by atoms with Gasteiger partial charge in [-0.15, -0.1) is 0 Å². The molecule has 0 heterocycles. The van der Waals surface area contributed by atoms with Gasteiger partial charge in [0.25, 0.3) is 0 Å². The van der Waals surface area contributed by atoms with E-state index in [2.05, 4.69) is 0 Å². The third-order valence-electron chi connectivity index (χ3n) is 10.2. The highest BCUT2D eigenvalue weighted by atomic mass is 16.5. The van der Waals surface area contributed by atoms with Crippen LogP contribution in [0.25, 0.3) is 0 Å². The molecule has 6 heteroatoms. The van der Waals surface area contributed by atoms with Crippen LogP contribution in [0.4, 0.5) is 0 Å². The van der Waals surface area contributed by atoms with Gasteiger partial charge in [0.1, 0.15) is 34.1 Å². The van der Waals surface area contributed by atoms with Crippen molar-refractivity contribution in [2.24, 2.45) is 0 Å². The second kappa shape index (κ2) is 12.8. The number of benzene rings is 5. The number of aliphatic hydroxyl groups excluding tert-OH is 1. The highest BCUT2D eigenvalue weighted by molar-refractivity contribution is 5.42. The summed E-state index contributed by atoms with van der Waals surface area (Å²) in [5.74, 6) is 0. The molecule has 2 unspecified atom stereocenters. The summed E-state index contributed by atoms with van der Waals surface area (Å²) in [6, 6.07) is 44.5. The van der Waals surface area contributed by atoms with Gasteiger partial charge in [0.15, 0.2) is 0 Å². The van der Waals surface area contributed by atoms with Crippen LogP contribution in [0.5, 0.6) is 0 Å². The van der Waals surface area contributed by atoms with E-state index in [4.69, 9.17) is 0 Å². The topological polar surface area (TPSA) is 121 Å². The molecule has 6 N–H and O–H groups in total. The maximum absolute atomic E-state index is 13.5. The van der Waals surface area contributed by atoms with Gasteiger partial charge in [-0.05, 0) is 27.8 Å². The summed E-state index contributed by atoms with van der Waals surface area (Å²) < 4.78 is 0. The smallest absolute Gasteiger partial charge is 0.132 e. The lowest BCUT2D eigenvalue weighted by Gasteiger charge is -2.69. The predicted octanol–water partition coefficient (Wildman–Crippen LogP) is 4.23. The van der Waals surface area contributed by atoms with Gasteiger partial charge >= 0.3 is 0 Å². The van der Waals surface area contributed by atoms with Crippen molar-refractivity contribution in [1.29, 1.82) is 0 Å². The first-order chi connectivity index (χ1) is 22.5. The first kappa shape index (κ1) is 32.8. The summed E-state index contributed by atoms with van der Waals surface area (Å²) >= 11 is 0. The molecule has 47 heavy (non-hydrogen) atoms. The van der Waals surface area contributed by atoms with Crippen molar-refractivity contribution >= 4 is 0 Å². The summed E-state index contributed by atoms with van der Waals surface area (Å²) in [5.41, 5.74) is -10.2. The minimum absolute atomic E-state index is 0.325. The minimum Gasteiger partial charge on any atom is -0.387 e. The largest absolute Gasteiger partial charge is 0.387 e. The molecule has 1 aliphatic carbocycles. The second-order valence-corrected chi connectivity index (χ2v) is 13.1. The zero-order valence-corrected chi connectivity index (χ0v) is 26.2. The molecule has 5 aromatic carbocycles. The lowest BCUT2D eigenvalue weighted by atomic mass is 9.44. The third kappa shape index (κ3) is 5.61. The highest BCUT2D eigenvalue weighted by Crippen LogP contribution is 2.59. The van der Waals surface area contributed by atoms with Crippen molar-refractivity contribution in [3.8, 4) is 0 Å². The molecule has 0 spiro atoms. The molecule has 242 valence electrons. The molecule has 0 aliphatic heterocycles. The van der Waals surface area contributed by atoms with Gasteiger partial charge in [0.05, 0.1) is 0 Å². The molecule has 0 radical (unpaired) electrons. The fourth-order valence-electron chi connectivity index (χ4n) is 7.77. The highest BCUT2D eigenvalue weighted by Gasteiger charge is 2.82. The van der Waals surface area contributed by atoms with E-state index in [9.17, 15) is 30.6 Å². The van der Waals surface area contributed by atoms with E-state index in [1.54, 1.807) is 121 Å². The maximum Gasteiger partial charge on any atom is 0.132 e. The predicted molar refractivity (Wildman–Crippen MR) is 181 cm³/mol. The van der Waals surface area contributed by atoms with E-state index in [1.165, 1.54) is 0 Å². The van der Waals surface area contributed by atoms with Gasteiger partial charge in [-0.2, -0.15) is 0 Å². The molecule has 1 aliphatic rings. The molecular formula is C41H42O6. The van der Waals surface area contributed by atoms with Gasteiger partial charge in [-0.1, -0.05) is 152 Å². The van der Waals surface area contributed by atoms with E-state index in [0.29, 0.717) is 27.8 Å². The first-order valence-corrected chi connectivity index (χ1v) is 16.0. The molecule has 0 aromatic heterocycles. The molecule has 0 amide bonds. The van der Waals surface area contributed by atoms with Gasteiger partial charge in [0, 0.05) is 32.1 Å². The lowest BCUT2D eigenvalue weighted by molar-refractivity contribution is -0.408. The number of aliphatic hydroxyl groups is 6. The Labute approximate surface area is 275 Å². The van der Waals surface area contributed by atoms with Crippen molar-refractivity contribution in [3.05, 3.63) is 179 Å². The van der Waals surface area contributed by atoms with Crippen LogP contribution < -0.4 is 0 Å². The SMILES string of the molecule is OC1[C@](O)(Cc2ccccc2)[C@@](O)(Cc2ccccc2)C(O)(Cc2ccccc2)[C@](O)(Cc2ccccc2)[C@]1(O)Cc1ccccc1. The second-order valence-electron chi connectivity index (χ2n) is 13.1. The molecule has 1 fully saturated rings. The Morgan fingerprint density at radius 1 is 0.319 bits per heavy atom. The first-order valence-electron chi connectivity index (χ1n) is 16.0. The molecule has 1 saturated carbocycles. The van der Waals surface area contributed by atoms with Crippen molar-refractivity contribution in [3.63, 3.8) is 0 Å². The summed E-state index contributed by atoms with van der Waals surface area (Å²) in [4.78, 5) is 0. The van der Waals surface area contributed by atoms with Crippen LogP contribution >= 0.6 is 0 Å². The Kier molecular flexibility index (Phi) is 8.94. The zero-order valence-electron chi connectivity index (χ0n) is 26.2. The third-order valence-corrected chi connectivity index (χ3v) is 10.2. The zero-order chi connectivity index (χ0) is 33.2. The summed E-state index contributed by atoms with van der Waals surface area (Å²) in [6.45, 7) is 0. The van der Waals surface area contributed by atoms with Gasteiger partial charge < -0.3 is 30.6 Å². The van der Waals surface area contributed by atoms with Crippen LogP contribution in [0.1, 0.15) is 27.8 Å². The van der Waals surface area contributed by atoms with Crippen LogP contribution in [0, 0.1) is 0 Å². The Morgan fingerprint density at radius 3 is 0.787 bits per heavy atom. The van der Waals surface area contributed by atoms with Crippen LogP contribution in [-0.2, 0) is 32.1 Å². The number of hydrogen-bond acceptors (Lipinski definition) is 6. The van der Waals surface area contributed by atoms with E-state index >= 15 is 0 Å². The van der Waals surface area contributed by atoms with Crippen LogP contribution in [0.15, 0.2) is 152 Å².